The highest BCUT2D eigenvalue weighted by molar-refractivity contribution is 9.10. The molecule has 0 aliphatic carbocycles. The van der Waals surface area contributed by atoms with Crippen LogP contribution in [0.1, 0.15) is 28.6 Å². The minimum absolute atomic E-state index is 0.151. The van der Waals surface area contributed by atoms with E-state index in [1.165, 1.54) is 6.26 Å². The van der Waals surface area contributed by atoms with Gasteiger partial charge in [0, 0.05) is 10.0 Å². The lowest BCUT2D eigenvalue weighted by Gasteiger charge is -2.16. The second-order valence-corrected chi connectivity index (χ2v) is 6.30. The Morgan fingerprint density at radius 1 is 1.42 bits per heavy atom. The highest BCUT2D eigenvalue weighted by atomic mass is 79.9. The molecule has 0 bridgehead atoms. The van der Waals surface area contributed by atoms with Gasteiger partial charge in [0.25, 0.3) is 5.91 Å². The number of nitrogens with one attached hydrogen (secondary N) is 1. The number of hydrogen-bond donors (Lipinski definition) is 2. The number of ether oxygens (including phenoxy) is 1. The van der Waals surface area contributed by atoms with Crippen molar-refractivity contribution in [2.24, 2.45) is 0 Å². The van der Waals surface area contributed by atoms with Crippen LogP contribution in [0, 0.1) is 6.92 Å². The van der Waals surface area contributed by atoms with Gasteiger partial charge in [-0.2, -0.15) is 0 Å². The van der Waals surface area contributed by atoms with E-state index >= 15 is 0 Å². The zero-order chi connectivity index (χ0) is 17.7. The lowest BCUT2D eigenvalue weighted by Crippen LogP contribution is -2.34. The number of halogens is 1. The maximum atomic E-state index is 12.3. The topological polar surface area (TPSA) is 88.8 Å². The fourth-order valence-corrected chi connectivity index (χ4v) is 2.59. The van der Waals surface area contributed by atoms with Crippen LogP contribution in [0.5, 0.6) is 5.75 Å². The molecule has 7 heteroatoms. The van der Waals surface area contributed by atoms with Crippen molar-refractivity contribution in [2.45, 2.75) is 26.4 Å². The summed E-state index contributed by atoms with van der Waals surface area (Å²) < 4.78 is 11.8. The van der Waals surface area contributed by atoms with E-state index in [9.17, 15) is 9.59 Å². The van der Waals surface area contributed by atoms with Crippen molar-refractivity contribution in [3.63, 3.8) is 0 Å². The maximum Gasteiger partial charge on any atom is 0.311 e. The van der Waals surface area contributed by atoms with Gasteiger partial charge in [0.05, 0.1) is 18.4 Å². The van der Waals surface area contributed by atoms with Gasteiger partial charge in [-0.3, -0.25) is 9.59 Å². The molecule has 128 valence electrons. The summed E-state index contributed by atoms with van der Waals surface area (Å²) in [6.45, 7) is 3.81. The minimum Gasteiger partial charge on any atom is -0.489 e. The Hall–Kier alpha value is -2.28. The van der Waals surface area contributed by atoms with Crippen molar-refractivity contribution in [1.29, 1.82) is 0 Å². The predicted molar refractivity (Wildman–Crippen MR) is 91.4 cm³/mol. The average Bonchev–Trinajstić information content (AvgIpc) is 2.85. The molecule has 0 saturated carbocycles. The summed E-state index contributed by atoms with van der Waals surface area (Å²) in [6, 6.07) is 7.42. The maximum absolute atomic E-state index is 12.3. The lowest BCUT2D eigenvalue weighted by atomic mass is 10.1. The van der Waals surface area contributed by atoms with Crippen molar-refractivity contribution < 1.29 is 23.8 Å². The third kappa shape index (κ3) is 4.86. The molecule has 1 aromatic carbocycles. The Morgan fingerprint density at radius 3 is 2.83 bits per heavy atom. The molecular weight excluding hydrogens is 378 g/mol. The molecule has 1 atom stereocenters. The molecule has 0 aliphatic rings. The quantitative estimate of drug-likeness (QED) is 0.751. The molecule has 1 amide bonds. The molecule has 2 aromatic rings. The molecule has 24 heavy (non-hydrogen) atoms. The van der Waals surface area contributed by atoms with E-state index in [2.05, 4.69) is 21.2 Å². The number of carbonyl (C=O) groups excluding carboxylic acids is 1. The summed E-state index contributed by atoms with van der Waals surface area (Å²) in [6.07, 6.45) is 0.799. The molecule has 0 spiro atoms. The first-order chi connectivity index (χ1) is 11.4. The Morgan fingerprint density at radius 2 is 2.17 bits per heavy atom. The number of aryl methyl sites for hydroxylation is 1. The molecule has 6 nitrogen and oxygen atoms in total. The predicted octanol–water partition coefficient (Wildman–Crippen LogP) is 3.17. The van der Waals surface area contributed by atoms with Crippen LogP contribution in [0.2, 0.25) is 0 Å². The number of carboxylic acids is 1. The minimum atomic E-state index is -1.05. The van der Waals surface area contributed by atoms with E-state index in [4.69, 9.17) is 14.3 Å². The van der Waals surface area contributed by atoms with Gasteiger partial charge in [0.15, 0.2) is 0 Å². The molecule has 0 saturated heterocycles. The molecule has 0 aliphatic heterocycles. The Balaban J connectivity index is 1.95. The second kappa shape index (κ2) is 8.01. The second-order valence-electron chi connectivity index (χ2n) is 5.38. The van der Waals surface area contributed by atoms with Crippen LogP contribution >= 0.6 is 15.9 Å². The molecule has 1 unspecified atom stereocenters. The Bertz CT molecular complexity index is 740. The van der Waals surface area contributed by atoms with E-state index in [0.29, 0.717) is 11.3 Å². The number of carbonyl (C=O) groups is 2. The highest BCUT2D eigenvalue weighted by Gasteiger charge is 2.20. The molecule has 0 fully saturated rings. The third-order valence-corrected chi connectivity index (χ3v) is 3.77. The summed E-state index contributed by atoms with van der Waals surface area (Å²) in [5, 5.41) is 11.6. The number of rotatable bonds is 7. The van der Waals surface area contributed by atoms with Gasteiger partial charge < -0.3 is 19.6 Å². The summed E-state index contributed by atoms with van der Waals surface area (Å²) >= 11 is 3.37. The SMILES string of the molecule is Cc1coc(CC(=O)O)c1C(=O)NCC(C)Oc1cccc(Br)c1. The number of carboxylic acid groups (broad SMARTS) is 1. The van der Waals surface area contributed by atoms with E-state index in [0.717, 1.165) is 4.47 Å². The summed E-state index contributed by atoms with van der Waals surface area (Å²) in [5.41, 5.74) is 0.872. The van der Waals surface area contributed by atoms with Gasteiger partial charge in [-0.15, -0.1) is 0 Å². The largest absolute Gasteiger partial charge is 0.489 e. The van der Waals surface area contributed by atoms with E-state index < -0.39 is 5.97 Å². The van der Waals surface area contributed by atoms with E-state index in [1.54, 1.807) is 6.92 Å². The normalized spacial score (nSPS) is 11.8. The van der Waals surface area contributed by atoms with Crippen LogP contribution in [-0.4, -0.2) is 29.6 Å². The van der Waals surface area contributed by atoms with Crippen molar-refractivity contribution in [1.82, 2.24) is 5.32 Å². The van der Waals surface area contributed by atoms with Crippen LogP contribution in [0.4, 0.5) is 0 Å². The van der Waals surface area contributed by atoms with Crippen LogP contribution < -0.4 is 10.1 Å². The molecule has 0 radical (unpaired) electrons. The van der Waals surface area contributed by atoms with Gasteiger partial charge in [-0.1, -0.05) is 22.0 Å². The highest BCUT2D eigenvalue weighted by Crippen LogP contribution is 2.19. The number of furan rings is 1. The molecular formula is C17H18BrNO5. The first kappa shape index (κ1) is 18.1. The summed E-state index contributed by atoms with van der Waals surface area (Å²) in [5.74, 6) is -0.581. The van der Waals surface area contributed by atoms with E-state index in [1.807, 2.05) is 31.2 Å². The Kier molecular flexibility index (Phi) is 6.03. The standard InChI is InChI=1S/C17H18BrNO5/c1-10-9-23-14(7-15(20)21)16(10)17(22)19-8-11(2)24-13-5-3-4-12(18)6-13/h3-6,9,11H,7-8H2,1-2H3,(H,19,22)(H,20,21). The summed E-state index contributed by atoms with van der Waals surface area (Å²) in [4.78, 5) is 23.1. The summed E-state index contributed by atoms with van der Waals surface area (Å²) in [7, 11) is 0. The zero-order valence-corrected chi connectivity index (χ0v) is 14.9. The van der Waals surface area contributed by atoms with Crippen LogP contribution in [0.3, 0.4) is 0 Å². The van der Waals surface area contributed by atoms with Crippen molar-refractivity contribution in [3.8, 4) is 5.75 Å². The molecule has 2 N–H and O–H groups in total. The smallest absolute Gasteiger partial charge is 0.311 e. The monoisotopic (exact) mass is 395 g/mol. The van der Waals surface area contributed by atoms with E-state index in [-0.39, 0.29) is 36.3 Å². The molecule has 1 aromatic heterocycles. The third-order valence-electron chi connectivity index (χ3n) is 3.27. The van der Waals surface area contributed by atoms with Gasteiger partial charge in [-0.25, -0.2) is 0 Å². The lowest BCUT2D eigenvalue weighted by molar-refractivity contribution is -0.136. The van der Waals surface area contributed by atoms with Crippen molar-refractivity contribution >= 4 is 27.8 Å². The fourth-order valence-electron chi connectivity index (χ4n) is 2.21. The number of amides is 1. The molecule has 2 rings (SSSR count). The molecule has 1 heterocycles. The van der Waals surface area contributed by atoms with Crippen molar-refractivity contribution in [2.75, 3.05) is 6.54 Å². The van der Waals surface area contributed by atoms with Crippen LogP contribution in [0.15, 0.2) is 39.4 Å². The van der Waals surface area contributed by atoms with Crippen LogP contribution in [0.25, 0.3) is 0 Å². The Labute approximate surface area is 147 Å². The van der Waals surface area contributed by atoms with Crippen LogP contribution in [-0.2, 0) is 11.2 Å². The van der Waals surface area contributed by atoms with Gasteiger partial charge in [0.2, 0.25) is 0 Å². The van der Waals surface area contributed by atoms with Gasteiger partial charge in [-0.05, 0) is 32.0 Å². The number of hydrogen-bond acceptors (Lipinski definition) is 4. The van der Waals surface area contributed by atoms with Crippen molar-refractivity contribution in [3.05, 3.63) is 51.9 Å². The number of aliphatic carboxylic acids is 1. The first-order valence-electron chi connectivity index (χ1n) is 7.36. The zero-order valence-electron chi connectivity index (χ0n) is 13.3. The van der Waals surface area contributed by atoms with Gasteiger partial charge >= 0.3 is 5.97 Å². The fraction of sp³-hybridized carbons (Fsp3) is 0.294. The van der Waals surface area contributed by atoms with Gasteiger partial charge in [0.1, 0.15) is 24.0 Å². The number of benzene rings is 1. The average molecular weight is 396 g/mol. The first-order valence-corrected chi connectivity index (χ1v) is 8.15.